The molecule has 0 bridgehead atoms. The Bertz CT molecular complexity index is 635. The number of amides is 2. The zero-order valence-corrected chi connectivity index (χ0v) is 9.46. The summed E-state index contributed by atoms with van der Waals surface area (Å²) in [5.41, 5.74) is 7.36. The molecule has 1 aliphatic heterocycles. The van der Waals surface area contributed by atoms with E-state index in [1.165, 1.54) is 0 Å². The second kappa shape index (κ2) is 3.80. The Morgan fingerprint density at radius 3 is 2.89 bits per heavy atom. The minimum Gasteiger partial charge on any atom is -0.369 e. The van der Waals surface area contributed by atoms with Crippen LogP contribution in [0.4, 0.5) is 5.69 Å². The van der Waals surface area contributed by atoms with Crippen molar-refractivity contribution in [1.29, 1.82) is 0 Å². The third kappa shape index (κ3) is 1.60. The van der Waals surface area contributed by atoms with Crippen molar-refractivity contribution in [2.75, 3.05) is 11.4 Å². The molecule has 92 valence electrons. The maximum atomic E-state index is 11.8. The summed E-state index contributed by atoms with van der Waals surface area (Å²) >= 11 is 0. The van der Waals surface area contributed by atoms with Crippen LogP contribution in [0, 0.1) is 5.92 Å². The van der Waals surface area contributed by atoms with Crippen molar-refractivity contribution in [3.63, 3.8) is 0 Å². The molecule has 0 aliphatic carbocycles. The lowest BCUT2D eigenvalue weighted by Crippen LogP contribution is -2.28. The number of anilines is 1. The smallest absolute Gasteiger partial charge is 0.227 e. The van der Waals surface area contributed by atoms with Crippen molar-refractivity contribution in [3.05, 3.63) is 18.2 Å². The van der Waals surface area contributed by atoms with Crippen molar-refractivity contribution >= 4 is 28.5 Å². The van der Waals surface area contributed by atoms with Crippen LogP contribution in [0.2, 0.25) is 0 Å². The number of nitrogens with one attached hydrogen (secondary N) is 1. The van der Waals surface area contributed by atoms with Crippen LogP contribution in [0.3, 0.4) is 0 Å². The summed E-state index contributed by atoms with van der Waals surface area (Å²) in [6.07, 6.45) is 0.173. The van der Waals surface area contributed by atoms with Crippen molar-refractivity contribution in [3.8, 4) is 0 Å². The maximum absolute atomic E-state index is 11.8. The monoisotopic (exact) mass is 245 g/mol. The van der Waals surface area contributed by atoms with E-state index in [1.54, 1.807) is 23.1 Å². The van der Waals surface area contributed by atoms with E-state index in [1.807, 2.05) is 0 Å². The number of H-pyrrole nitrogens is 1. The first kappa shape index (κ1) is 10.7. The molecule has 1 saturated heterocycles. The molecule has 1 unspecified atom stereocenters. The lowest BCUT2D eigenvalue weighted by Gasteiger charge is -2.15. The summed E-state index contributed by atoms with van der Waals surface area (Å²) < 4.78 is 0. The molecule has 1 aromatic carbocycles. The molecule has 3 N–H and O–H groups in total. The van der Waals surface area contributed by atoms with Crippen LogP contribution >= 0.6 is 0 Å². The molecule has 1 fully saturated rings. The van der Waals surface area contributed by atoms with Gasteiger partial charge in [-0.15, -0.1) is 0 Å². The van der Waals surface area contributed by atoms with Crippen LogP contribution in [-0.2, 0) is 9.59 Å². The maximum Gasteiger partial charge on any atom is 0.227 e. The SMILES string of the molecule is NC(=O)C1CC(=O)N(c2ccc3n[nH]nc3c2)C1. The van der Waals surface area contributed by atoms with Crippen LogP contribution in [0.25, 0.3) is 11.0 Å². The molecule has 0 saturated carbocycles. The number of carbonyl (C=O) groups is 2. The third-order valence-corrected chi connectivity index (χ3v) is 3.14. The van der Waals surface area contributed by atoms with E-state index in [4.69, 9.17) is 5.73 Å². The van der Waals surface area contributed by atoms with Crippen LogP contribution < -0.4 is 10.6 Å². The van der Waals surface area contributed by atoms with Crippen LogP contribution in [0.15, 0.2) is 18.2 Å². The molecule has 18 heavy (non-hydrogen) atoms. The molecule has 2 heterocycles. The molecular weight excluding hydrogens is 234 g/mol. The Labute approximate surface area is 102 Å². The van der Waals surface area contributed by atoms with Crippen molar-refractivity contribution in [2.24, 2.45) is 11.7 Å². The van der Waals surface area contributed by atoms with E-state index in [0.29, 0.717) is 17.7 Å². The molecular formula is C11H11N5O2. The van der Waals surface area contributed by atoms with E-state index in [2.05, 4.69) is 15.4 Å². The van der Waals surface area contributed by atoms with Gasteiger partial charge in [-0.05, 0) is 18.2 Å². The predicted octanol–water partition coefficient (Wildman–Crippen LogP) is -0.204. The Hall–Kier alpha value is -2.44. The number of carbonyl (C=O) groups excluding carboxylic acids is 2. The quantitative estimate of drug-likeness (QED) is 0.764. The highest BCUT2D eigenvalue weighted by Gasteiger charge is 2.33. The average Bonchev–Trinajstić information content (AvgIpc) is 2.93. The Balaban J connectivity index is 1.94. The van der Waals surface area contributed by atoms with E-state index >= 15 is 0 Å². The topological polar surface area (TPSA) is 105 Å². The fourth-order valence-corrected chi connectivity index (χ4v) is 2.14. The highest BCUT2D eigenvalue weighted by molar-refractivity contribution is 6.01. The summed E-state index contributed by atoms with van der Waals surface area (Å²) in [7, 11) is 0. The number of hydrogen-bond donors (Lipinski definition) is 2. The summed E-state index contributed by atoms with van der Waals surface area (Å²) in [4.78, 5) is 24.5. The summed E-state index contributed by atoms with van der Waals surface area (Å²) in [5.74, 6) is -0.944. The highest BCUT2D eigenvalue weighted by Crippen LogP contribution is 2.26. The van der Waals surface area contributed by atoms with Crippen molar-refractivity contribution < 1.29 is 9.59 Å². The van der Waals surface area contributed by atoms with Gasteiger partial charge in [0.15, 0.2) is 0 Å². The number of fused-ring (bicyclic) bond motifs is 1. The molecule has 3 rings (SSSR count). The predicted molar refractivity (Wildman–Crippen MR) is 63.5 cm³/mol. The van der Waals surface area contributed by atoms with Gasteiger partial charge in [0, 0.05) is 18.7 Å². The average molecular weight is 245 g/mol. The standard InChI is InChI=1S/C11H11N5O2/c12-11(18)6-3-10(17)16(5-6)7-1-2-8-9(4-7)14-15-13-8/h1-2,4,6H,3,5H2,(H2,12,18)(H,13,14,15). The second-order valence-corrected chi connectivity index (χ2v) is 4.30. The molecule has 0 radical (unpaired) electrons. The molecule has 2 aromatic rings. The second-order valence-electron chi connectivity index (χ2n) is 4.30. The molecule has 7 nitrogen and oxygen atoms in total. The molecule has 1 aromatic heterocycles. The largest absolute Gasteiger partial charge is 0.369 e. The number of nitrogens with zero attached hydrogens (tertiary/aromatic N) is 3. The van der Waals surface area contributed by atoms with E-state index in [9.17, 15) is 9.59 Å². The van der Waals surface area contributed by atoms with Crippen molar-refractivity contribution in [1.82, 2.24) is 15.4 Å². The Morgan fingerprint density at radius 1 is 1.39 bits per heavy atom. The molecule has 1 atom stereocenters. The molecule has 0 spiro atoms. The first-order chi connectivity index (χ1) is 8.65. The Kier molecular flexibility index (Phi) is 2.26. The minimum absolute atomic E-state index is 0.0957. The van der Waals surface area contributed by atoms with Gasteiger partial charge in [-0.2, -0.15) is 15.4 Å². The highest BCUT2D eigenvalue weighted by atomic mass is 16.2. The first-order valence-electron chi connectivity index (χ1n) is 5.55. The number of primary amides is 1. The van der Waals surface area contributed by atoms with Crippen molar-refractivity contribution in [2.45, 2.75) is 6.42 Å². The lowest BCUT2D eigenvalue weighted by molar-refractivity contribution is -0.123. The normalized spacial score (nSPS) is 19.7. The zero-order chi connectivity index (χ0) is 12.7. The fraction of sp³-hybridized carbons (Fsp3) is 0.273. The number of aromatic nitrogens is 3. The van der Waals surface area contributed by atoms with Crippen LogP contribution in [0.5, 0.6) is 0 Å². The third-order valence-electron chi connectivity index (χ3n) is 3.14. The molecule has 2 amide bonds. The van der Waals surface area contributed by atoms with Crippen LogP contribution in [-0.4, -0.2) is 33.8 Å². The van der Waals surface area contributed by atoms with Gasteiger partial charge in [-0.3, -0.25) is 9.59 Å². The van der Waals surface area contributed by atoms with Gasteiger partial charge >= 0.3 is 0 Å². The van der Waals surface area contributed by atoms with Gasteiger partial charge < -0.3 is 10.6 Å². The first-order valence-corrected chi connectivity index (χ1v) is 5.55. The number of nitrogens with two attached hydrogens (primary N) is 1. The molecule has 7 heteroatoms. The number of hydrogen-bond acceptors (Lipinski definition) is 4. The van der Waals surface area contributed by atoms with Gasteiger partial charge in [0.1, 0.15) is 11.0 Å². The lowest BCUT2D eigenvalue weighted by atomic mass is 10.1. The van der Waals surface area contributed by atoms with Gasteiger partial charge in [0.2, 0.25) is 11.8 Å². The minimum atomic E-state index is -0.437. The number of rotatable bonds is 2. The van der Waals surface area contributed by atoms with Gasteiger partial charge in [0.05, 0.1) is 5.92 Å². The van der Waals surface area contributed by atoms with E-state index < -0.39 is 11.8 Å². The van der Waals surface area contributed by atoms with Gasteiger partial charge in [-0.25, -0.2) is 0 Å². The van der Waals surface area contributed by atoms with Gasteiger partial charge in [-0.1, -0.05) is 0 Å². The number of aromatic amines is 1. The summed E-state index contributed by atoms with van der Waals surface area (Å²) in [6, 6.07) is 5.32. The summed E-state index contributed by atoms with van der Waals surface area (Å²) in [5, 5.41) is 10.4. The van der Waals surface area contributed by atoms with Crippen LogP contribution in [0.1, 0.15) is 6.42 Å². The summed E-state index contributed by atoms with van der Waals surface area (Å²) in [6.45, 7) is 0.331. The fourth-order valence-electron chi connectivity index (χ4n) is 2.14. The van der Waals surface area contributed by atoms with E-state index in [0.717, 1.165) is 5.52 Å². The van der Waals surface area contributed by atoms with E-state index in [-0.39, 0.29) is 12.3 Å². The zero-order valence-electron chi connectivity index (χ0n) is 9.46. The Morgan fingerprint density at radius 2 is 2.17 bits per heavy atom. The molecule has 1 aliphatic rings. The van der Waals surface area contributed by atoms with Gasteiger partial charge in [0.25, 0.3) is 0 Å². The number of benzene rings is 1.